The fourth-order valence-corrected chi connectivity index (χ4v) is 1.26. The highest BCUT2D eigenvalue weighted by Crippen LogP contribution is 1.99. The molecule has 0 heterocycles. The first kappa shape index (κ1) is 15.9. The molecule has 3 heteroatoms. The van der Waals surface area contributed by atoms with Crippen molar-refractivity contribution in [3.8, 4) is 0 Å². The van der Waals surface area contributed by atoms with Crippen molar-refractivity contribution in [3.63, 3.8) is 0 Å². The summed E-state index contributed by atoms with van der Waals surface area (Å²) in [6.45, 7) is 12.9. The van der Waals surface area contributed by atoms with Crippen LogP contribution in [0.15, 0.2) is 0 Å². The van der Waals surface area contributed by atoms with Crippen molar-refractivity contribution in [3.05, 3.63) is 0 Å². The molecule has 1 N–H and O–H groups in total. The fraction of sp³-hybridized carbons (Fsp3) is 1.00. The number of hydrogen-bond acceptors (Lipinski definition) is 3. The van der Waals surface area contributed by atoms with Gasteiger partial charge in [0.05, 0.1) is 13.2 Å². The second kappa shape index (κ2) is 10.1. The maximum Gasteiger partial charge on any atom is 0.0700 e. The molecule has 3 nitrogen and oxygen atoms in total. The average Bonchev–Trinajstić information content (AvgIpc) is 2.19. The second-order valence-electron chi connectivity index (χ2n) is 5.11. The molecule has 0 bridgehead atoms. The Balaban J connectivity index is 2.99. The molecule has 16 heavy (non-hydrogen) atoms. The monoisotopic (exact) mass is 231 g/mol. The molecule has 0 radical (unpaired) electrons. The molecule has 0 rings (SSSR count). The van der Waals surface area contributed by atoms with E-state index in [-0.39, 0.29) is 5.54 Å². The van der Waals surface area contributed by atoms with Crippen LogP contribution in [0.4, 0.5) is 0 Å². The second-order valence-corrected chi connectivity index (χ2v) is 5.11. The molecule has 0 aromatic heterocycles. The van der Waals surface area contributed by atoms with Crippen molar-refractivity contribution in [2.45, 2.75) is 52.5 Å². The van der Waals surface area contributed by atoms with E-state index in [1.807, 2.05) is 0 Å². The lowest BCUT2D eigenvalue weighted by Gasteiger charge is -2.20. The van der Waals surface area contributed by atoms with Crippen molar-refractivity contribution in [1.29, 1.82) is 0 Å². The van der Waals surface area contributed by atoms with Gasteiger partial charge in [0.15, 0.2) is 0 Å². The Kier molecular flexibility index (Phi) is 9.99. The Morgan fingerprint density at radius 2 is 1.50 bits per heavy atom. The minimum Gasteiger partial charge on any atom is -0.379 e. The van der Waals surface area contributed by atoms with Crippen molar-refractivity contribution < 1.29 is 9.47 Å². The van der Waals surface area contributed by atoms with E-state index in [2.05, 4.69) is 33.0 Å². The SMILES string of the molecule is CCCOCCOCCCCNC(C)(C)C. The Morgan fingerprint density at radius 3 is 2.06 bits per heavy atom. The van der Waals surface area contributed by atoms with Crippen molar-refractivity contribution in [1.82, 2.24) is 5.32 Å². The van der Waals surface area contributed by atoms with Gasteiger partial charge in [0.2, 0.25) is 0 Å². The van der Waals surface area contributed by atoms with Crippen LogP contribution in [0.3, 0.4) is 0 Å². The minimum absolute atomic E-state index is 0.231. The van der Waals surface area contributed by atoms with E-state index in [4.69, 9.17) is 9.47 Å². The highest BCUT2D eigenvalue weighted by Gasteiger charge is 2.06. The van der Waals surface area contributed by atoms with Gasteiger partial charge in [0.1, 0.15) is 0 Å². The first-order chi connectivity index (χ1) is 7.56. The fourth-order valence-electron chi connectivity index (χ4n) is 1.26. The van der Waals surface area contributed by atoms with E-state index >= 15 is 0 Å². The number of ether oxygens (including phenoxy) is 2. The van der Waals surface area contributed by atoms with E-state index in [0.29, 0.717) is 0 Å². The van der Waals surface area contributed by atoms with Gasteiger partial charge in [-0.05, 0) is 46.6 Å². The van der Waals surface area contributed by atoms with Gasteiger partial charge in [-0.25, -0.2) is 0 Å². The normalized spacial score (nSPS) is 12.0. The maximum atomic E-state index is 5.46. The van der Waals surface area contributed by atoms with Crippen LogP contribution in [0, 0.1) is 0 Å². The quantitative estimate of drug-likeness (QED) is 0.586. The molecular formula is C13H29NO2. The van der Waals surface area contributed by atoms with E-state index in [1.54, 1.807) is 0 Å². The molecule has 98 valence electrons. The largest absolute Gasteiger partial charge is 0.379 e. The summed E-state index contributed by atoms with van der Waals surface area (Å²) in [6, 6.07) is 0. The molecule has 0 amide bonds. The lowest BCUT2D eigenvalue weighted by atomic mass is 10.1. The van der Waals surface area contributed by atoms with Gasteiger partial charge in [-0.15, -0.1) is 0 Å². The number of rotatable bonds is 10. The molecular weight excluding hydrogens is 202 g/mol. The predicted octanol–water partition coefficient (Wildman–Crippen LogP) is 2.60. The Hall–Kier alpha value is -0.120. The zero-order valence-electron chi connectivity index (χ0n) is 11.5. The zero-order chi connectivity index (χ0) is 12.3. The molecule has 0 aromatic carbocycles. The van der Waals surface area contributed by atoms with E-state index in [1.165, 1.54) is 6.42 Å². The topological polar surface area (TPSA) is 30.5 Å². The molecule has 0 aromatic rings. The van der Waals surface area contributed by atoms with Gasteiger partial charge in [0.25, 0.3) is 0 Å². The molecule has 0 fully saturated rings. The number of hydrogen-bond donors (Lipinski definition) is 1. The first-order valence-electron chi connectivity index (χ1n) is 6.47. The van der Waals surface area contributed by atoms with Crippen LogP contribution >= 0.6 is 0 Å². The van der Waals surface area contributed by atoms with Gasteiger partial charge < -0.3 is 14.8 Å². The Bertz CT molecular complexity index is 143. The van der Waals surface area contributed by atoms with Crippen LogP contribution < -0.4 is 5.32 Å². The lowest BCUT2D eigenvalue weighted by molar-refractivity contribution is 0.0466. The third kappa shape index (κ3) is 13.9. The smallest absolute Gasteiger partial charge is 0.0700 e. The van der Waals surface area contributed by atoms with Gasteiger partial charge in [-0.3, -0.25) is 0 Å². The van der Waals surface area contributed by atoms with Crippen molar-refractivity contribution >= 4 is 0 Å². The summed E-state index contributed by atoms with van der Waals surface area (Å²) < 4.78 is 10.8. The van der Waals surface area contributed by atoms with Crippen molar-refractivity contribution in [2.24, 2.45) is 0 Å². The van der Waals surface area contributed by atoms with Crippen LogP contribution in [0.5, 0.6) is 0 Å². The highest BCUT2D eigenvalue weighted by atomic mass is 16.5. The first-order valence-corrected chi connectivity index (χ1v) is 6.47. The summed E-state index contributed by atoms with van der Waals surface area (Å²) in [5, 5.41) is 3.46. The predicted molar refractivity (Wildman–Crippen MR) is 68.9 cm³/mol. The molecule has 0 aliphatic rings. The maximum absolute atomic E-state index is 5.46. The third-order valence-electron chi connectivity index (χ3n) is 2.09. The van der Waals surface area contributed by atoms with Gasteiger partial charge in [0, 0.05) is 18.8 Å². The Morgan fingerprint density at radius 1 is 0.875 bits per heavy atom. The molecule has 0 spiro atoms. The molecule has 0 saturated heterocycles. The highest BCUT2D eigenvalue weighted by molar-refractivity contribution is 4.69. The van der Waals surface area contributed by atoms with E-state index < -0.39 is 0 Å². The summed E-state index contributed by atoms with van der Waals surface area (Å²) in [5.74, 6) is 0. The van der Waals surface area contributed by atoms with Gasteiger partial charge in [-0.2, -0.15) is 0 Å². The molecule has 0 aliphatic heterocycles. The van der Waals surface area contributed by atoms with Crippen LogP contribution in [-0.2, 0) is 9.47 Å². The third-order valence-corrected chi connectivity index (χ3v) is 2.09. The average molecular weight is 231 g/mol. The Labute approximate surface area is 101 Å². The minimum atomic E-state index is 0.231. The summed E-state index contributed by atoms with van der Waals surface area (Å²) >= 11 is 0. The van der Waals surface area contributed by atoms with E-state index in [9.17, 15) is 0 Å². The number of unbranched alkanes of at least 4 members (excludes halogenated alkanes) is 1. The molecule has 0 atom stereocenters. The van der Waals surface area contributed by atoms with Crippen LogP contribution in [0.2, 0.25) is 0 Å². The summed E-state index contributed by atoms with van der Waals surface area (Å²) in [5.41, 5.74) is 0.231. The molecule has 0 aliphatic carbocycles. The standard InChI is InChI=1S/C13H29NO2/c1-5-9-15-11-12-16-10-7-6-8-14-13(2,3)4/h14H,5-12H2,1-4H3. The summed E-state index contributed by atoms with van der Waals surface area (Å²) in [6.07, 6.45) is 3.38. The van der Waals surface area contributed by atoms with Crippen LogP contribution in [0.1, 0.15) is 47.0 Å². The van der Waals surface area contributed by atoms with E-state index in [0.717, 1.165) is 45.8 Å². The van der Waals surface area contributed by atoms with Gasteiger partial charge >= 0.3 is 0 Å². The van der Waals surface area contributed by atoms with Gasteiger partial charge in [-0.1, -0.05) is 6.92 Å². The molecule has 0 unspecified atom stereocenters. The summed E-state index contributed by atoms with van der Waals surface area (Å²) in [7, 11) is 0. The lowest BCUT2D eigenvalue weighted by Crippen LogP contribution is -2.36. The zero-order valence-corrected chi connectivity index (χ0v) is 11.5. The number of nitrogens with one attached hydrogen (secondary N) is 1. The molecule has 0 saturated carbocycles. The van der Waals surface area contributed by atoms with Crippen molar-refractivity contribution in [2.75, 3.05) is 33.0 Å². The summed E-state index contributed by atoms with van der Waals surface area (Å²) in [4.78, 5) is 0. The van der Waals surface area contributed by atoms with Crippen LogP contribution in [0.25, 0.3) is 0 Å². The van der Waals surface area contributed by atoms with Crippen LogP contribution in [-0.4, -0.2) is 38.5 Å².